The van der Waals surface area contributed by atoms with E-state index < -0.39 is 7.12 Å². The fraction of sp³-hybridized carbons (Fsp3) is 0.250. The van der Waals surface area contributed by atoms with E-state index in [0.717, 1.165) is 23.1 Å². The second-order valence-electron chi connectivity index (χ2n) is 7.58. The monoisotopic (exact) mass is 388 g/mol. The van der Waals surface area contributed by atoms with Crippen LogP contribution in [0.4, 0.5) is 0 Å². The molecule has 5 heteroatoms. The third kappa shape index (κ3) is 5.40. The van der Waals surface area contributed by atoms with Crippen LogP contribution >= 0.6 is 0 Å². The average molecular weight is 388 g/mol. The summed E-state index contributed by atoms with van der Waals surface area (Å²) in [6, 6.07) is 23.5. The Hall–Kier alpha value is -2.76. The minimum atomic E-state index is -1.68. The molecule has 1 fully saturated rings. The lowest BCUT2D eigenvalue weighted by Crippen LogP contribution is -2.33. The van der Waals surface area contributed by atoms with Crippen molar-refractivity contribution in [3.8, 4) is 11.5 Å². The molecule has 29 heavy (non-hydrogen) atoms. The topological polar surface area (TPSA) is 58.9 Å². The lowest BCUT2D eigenvalue weighted by atomic mass is 9.78. The highest BCUT2D eigenvalue weighted by Crippen LogP contribution is 2.34. The number of hydrogen-bond acceptors (Lipinski definition) is 4. The van der Waals surface area contributed by atoms with Gasteiger partial charge >= 0.3 is 7.12 Å². The van der Waals surface area contributed by atoms with Crippen LogP contribution in [0.25, 0.3) is 0 Å². The van der Waals surface area contributed by atoms with Gasteiger partial charge in [-0.1, -0.05) is 60.7 Å². The van der Waals surface area contributed by atoms with Crippen molar-refractivity contribution in [3.63, 3.8) is 0 Å². The summed E-state index contributed by atoms with van der Waals surface area (Å²) in [4.78, 5) is 0. The summed E-state index contributed by atoms with van der Waals surface area (Å²) in [7, 11) is -1.68. The molecule has 0 spiro atoms. The summed E-state index contributed by atoms with van der Waals surface area (Å²) in [5.41, 5.74) is 3.41. The van der Waals surface area contributed by atoms with Crippen molar-refractivity contribution in [3.05, 3.63) is 89.5 Å². The Morgan fingerprint density at radius 3 is 1.62 bits per heavy atom. The van der Waals surface area contributed by atoms with E-state index in [1.54, 1.807) is 0 Å². The van der Waals surface area contributed by atoms with E-state index in [2.05, 4.69) is 0 Å². The minimum Gasteiger partial charge on any atom is -0.489 e. The molecule has 0 aliphatic heterocycles. The van der Waals surface area contributed by atoms with E-state index in [4.69, 9.17) is 9.47 Å². The van der Waals surface area contributed by atoms with E-state index in [0.29, 0.717) is 30.6 Å². The van der Waals surface area contributed by atoms with Crippen molar-refractivity contribution in [2.24, 2.45) is 5.92 Å². The van der Waals surface area contributed by atoms with E-state index in [9.17, 15) is 10.0 Å². The Kier molecular flexibility index (Phi) is 6.18. The molecule has 0 radical (unpaired) electrons. The van der Waals surface area contributed by atoms with Crippen LogP contribution in [-0.2, 0) is 19.6 Å². The molecule has 1 aliphatic rings. The summed E-state index contributed by atoms with van der Waals surface area (Å²) < 4.78 is 12.0. The summed E-state index contributed by atoms with van der Waals surface area (Å²) in [5, 5.41) is 20.1. The second kappa shape index (κ2) is 9.16. The number of ether oxygens (including phenoxy) is 2. The van der Waals surface area contributed by atoms with E-state index in [-0.39, 0.29) is 5.46 Å². The van der Waals surface area contributed by atoms with Crippen LogP contribution in [0.3, 0.4) is 0 Å². The molecular weight excluding hydrogens is 363 g/mol. The first-order valence-corrected chi connectivity index (χ1v) is 10.1. The summed E-state index contributed by atoms with van der Waals surface area (Å²) in [6.07, 6.45) is 3.43. The molecular formula is C24H25BO4. The van der Waals surface area contributed by atoms with Gasteiger partial charge in [-0.25, -0.2) is 0 Å². The van der Waals surface area contributed by atoms with Gasteiger partial charge in [0.15, 0.2) is 0 Å². The molecule has 0 aromatic heterocycles. The number of benzene rings is 3. The standard InChI is InChI=1S/C24H25BO4/c26-25(27)24-22(28-16-19-7-3-1-4-8-19)14-21(13-18-11-12-18)15-23(24)29-17-20-9-5-2-6-10-20/h1-10,14-15,18,26-27H,11-13,16-17H2. The Bertz CT molecular complexity index is 860. The highest BCUT2D eigenvalue weighted by Gasteiger charge is 2.27. The first kappa shape index (κ1) is 19.6. The zero-order valence-electron chi connectivity index (χ0n) is 16.3. The van der Waals surface area contributed by atoms with Gasteiger partial charge in [0.2, 0.25) is 0 Å². The van der Waals surface area contributed by atoms with Crippen molar-refractivity contribution < 1.29 is 19.5 Å². The van der Waals surface area contributed by atoms with Gasteiger partial charge < -0.3 is 19.5 Å². The maximum atomic E-state index is 10.1. The van der Waals surface area contributed by atoms with Crippen molar-refractivity contribution >= 4 is 12.6 Å². The van der Waals surface area contributed by atoms with E-state index in [1.807, 2.05) is 72.8 Å². The highest BCUT2D eigenvalue weighted by atomic mass is 16.5. The number of hydrogen-bond donors (Lipinski definition) is 2. The van der Waals surface area contributed by atoms with Gasteiger partial charge in [-0.2, -0.15) is 0 Å². The lowest BCUT2D eigenvalue weighted by Gasteiger charge is -2.18. The molecule has 0 unspecified atom stereocenters. The maximum Gasteiger partial charge on any atom is 0.496 e. The zero-order chi connectivity index (χ0) is 20.1. The number of rotatable bonds is 9. The molecule has 4 rings (SSSR count). The molecule has 3 aromatic carbocycles. The molecule has 2 N–H and O–H groups in total. The molecule has 4 nitrogen and oxygen atoms in total. The minimum absolute atomic E-state index is 0.274. The first-order valence-electron chi connectivity index (χ1n) is 10.1. The molecule has 0 amide bonds. The predicted molar refractivity (Wildman–Crippen MR) is 114 cm³/mol. The van der Waals surface area contributed by atoms with Crippen molar-refractivity contribution in [2.45, 2.75) is 32.5 Å². The van der Waals surface area contributed by atoms with Crippen LogP contribution in [0.5, 0.6) is 11.5 Å². The van der Waals surface area contributed by atoms with E-state index in [1.165, 1.54) is 12.8 Å². The van der Waals surface area contributed by atoms with Crippen LogP contribution in [0.1, 0.15) is 29.5 Å². The Morgan fingerprint density at radius 2 is 1.21 bits per heavy atom. The third-order valence-corrected chi connectivity index (χ3v) is 5.12. The van der Waals surface area contributed by atoms with Crippen LogP contribution < -0.4 is 14.9 Å². The molecule has 0 bridgehead atoms. The van der Waals surface area contributed by atoms with Crippen LogP contribution in [0.2, 0.25) is 0 Å². The molecule has 148 valence electrons. The molecule has 1 aliphatic carbocycles. The SMILES string of the molecule is OB(O)c1c(OCc2ccccc2)cc(CC2CC2)cc1OCc1ccccc1. The van der Waals surface area contributed by atoms with Crippen molar-refractivity contribution in [2.75, 3.05) is 0 Å². The molecule has 0 heterocycles. The lowest BCUT2D eigenvalue weighted by molar-refractivity contribution is 0.290. The summed E-state index contributed by atoms with van der Waals surface area (Å²) in [6.45, 7) is 0.705. The molecule has 0 atom stereocenters. The Morgan fingerprint density at radius 1 is 0.724 bits per heavy atom. The molecule has 3 aromatic rings. The molecule has 1 saturated carbocycles. The van der Waals surface area contributed by atoms with Gasteiger partial charge in [0.05, 0.1) is 5.46 Å². The van der Waals surface area contributed by atoms with Gasteiger partial charge in [0.25, 0.3) is 0 Å². The van der Waals surface area contributed by atoms with Gasteiger partial charge in [0, 0.05) is 0 Å². The second-order valence-corrected chi connectivity index (χ2v) is 7.58. The van der Waals surface area contributed by atoms with Gasteiger partial charge in [-0.3, -0.25) is 0 Å². The third-order valence-electron chi connectivity index (χ3n) is 5.12. The smallest absolute Gasteiger partial charge is 0.489 e. The van der Waals surface area contributed by atoms with Gasteiger partial charge in [-0.15, -0.1) is 0 Å². The summed E-state index contributed by atoms with van der Waals surface area (Å²) in [5.74, 6) is 1.62. The fourth-order valence-electron chi connectivity index (χ4n) is 3.39. The van der Waals surface area contributed by atoms with Crippen molar-refractivity contribution in [1.82, 2.24) is 0 Å². The van der Waals surface area contributed by atoms with Crippen LogP contribution in [0, 0.1) is 5.92 Å². The largest absolute Gasteiger partial charge is 0.496 e. The first-order chi connectivity index (χ1) is 14.2. The maximum absolute atomic E-state index is 10.1. The quantitative estimate of drug-likeness (QED) is 0.551. The van der Waals surface area contributed by atoms with Gasteiger partial charge in [-0.05, 0) is 54.0 Å². The zero-order valence-corrected chi connectivity index (χ0v) is 16.3. The van der Waals surface area contributed by atoms with Crippen LogP contribution in [0.15, 0.2) is 72.8 Å². The average Bonchev–Trinajstić information content (AvgIpc) is 3.56. The Balaban J connectivity index is 1.61. The van der Waals surface area contributed by atoms with Gasteiger partial charge in [0.1, 0.15) is 24.7 Å². The van der Waals surface area contributed by atoms with E-state index >= 15 is 0 Å². The predicted octanol–water partition coefficient (Wildman–Crippen LogP) is 3.48. The normalized spacial score (nSPS) is 13.2. The van der Waals surface area contributed by atoms with Crippen LogP contribution in [-0.4, -0.2) is 17.2 Å². The highest BCUT2D eigenvalue weighted by molar-refractivity contribution is 6.61. The Labute approximate surface area is 171 Å². The summed E-state index contributed by atoms with van der Waals surface area (Å²) >= 11 is 0. The van der Waals surface area contributed by atoms with Crippen molar-refractivity contribution in [1.29, 1.82) is 0 Å². The molecule has 0 saturated heterocycles. The fourth-order valence-corrected chi connectivity index (χ4v) is 3.39.